The van der Waals surface area contributed by atoms with Crippen LogP contribution in [-0.2, 0) is 4.79 Å². The fourth-order valence-electron chi connectivity index (χ4n) is 1.53. The summed E-state index contributed by atoms with van der Waals surface area (Å²) in [5.74, 6) is 0.785. The summed E-state index contributed by atoms with van der Waals surface area (Å²) in [5.41, 5.74) is 0.888. The first kappa shape index (κ1) is 14.2. The SMILES string of the molecule is COc1ccc(C=CC(=O)Oc2ccc(Cl)cc2)cc1. The predicted octanol–water partition coefficient (Wildman–Crippen LogP) is 3.97. The van der Waals surface area contributed by atoms with Crippen molar-refractivity contribution < 1.29 is 14.3 Å². The number of halogens is 1. The number of ether oxygens (including phenoxy) is 2. The van der Waals surface area contributed by atoms with Crippen LogP contribution in [-0.4, -0.2) is 13.1 Å². The van der Waals surface area contributed by atoms with Gasteiger partial charge in [0.1, 0.15) is 11.5 Å². The molecule has 2 rings (SSSR count). The molecule has 2 aromatic carbocycles. The van der Waals surface area contributed by atoms with Crippen molar-refractivity contribution in [1.82, 2.24) is 0 Å². The van der Waals surface area contributed by atoms with Crippen molar-refractivity contribution in [3.05, 3.63) is 65.2 Å². The Morgan fingerprint density at radius 3 is 2.20 bits per heavy atom. The van der Waals surface area contributed by atoms with E-state index < -0.39 is 5.97 Å². The zero-order chi connectivity index (χ0) is 14.4. The number of hydrogen-bond donors (Lipinski definition) is 0. The van der Waals surface area contributed by atoms with Crippen LogP contribution in [0.25, 0.3) is 6.08 Å². The highest BCUT2D eigenvalue weighted by Crippen LogP contribution is 2.16. The smallest absolute Gasteiger partial charge is 0.336 e. The van der Waals surface area contributed by atoms with E-state index in [1.54, 1.807) is 37.5 Å². The third kappa shape index (κ3) is 4.14. The molecular formula is C16H13ClO3. The summed E-state index contributed by atoms with van der Waals surface area (Å²) in [5, 5.41) is 0.596. The van der Waals surface area contributed by atoms with Crippen LogP contribution in [0.15, 0.2) is 54.6 Å². The molecule has 0 saturated heterocycles. The third-order valence-corrected chi connectivity index (χ3v) is 2.81. The average molecular weight is 289 g/mol. The molecule has 0 aliphatic carbocycles. The van der Waals surface area contributed by atoms with E-state index in [-0.39, 0.29) is 0 Å². The van der Waals surface area contributed by atoms with Gasteiger partial charge in [-0.2, -0.15) is 0 Å². The number of hydrogen-bond acceptors (Lipinski definition) is 3. The lowest BCUT2D eigenvalue weighted by Gasteiger charge is -2.01. The highest BCUT2D eigenvalue weighted by Gasteiger charge is 2.00. The van der Waals surface area contributed by atoms with Gasteiger partial charge in [0.05, 0.1) is 7.11 Å². The first-order valence-corrected chi connectivity index (χ1v) is 6.35. The quantitative estimate of drug-likeness (QED) is 0.485. The van der Waals surface area contributed by atoms with Crippen molar-refractivity contribution in [3.8, 4) is 11.5 Å². The second kappa shape index (κ2) is 6.78. The van der Waals surface area contributed by atoms with Gasteiger partial charge >= 0.3 is 5.97 Å². The van der Waals surface area contributed by atoms with Gasteiger partial charge in [-0.25, -0.2) is 4.79 Å². The van der Waals surface area contributed by atoms with Gasteiger partial charge in [0.25, 0.3) is 0 Å². The van der Waals surface area contributed by atoms with Crippen molar-refractivity contribution in [2.45, 2.75) is 0 Å². The average Bonchev–Trinajstić information content (AvgIpc) is 2.48. The lowest BCUT2D eigenvalue weighted by Crippen LogP contribution is -2.03. The zero-order valence-corrected chi connectivity index (χ0v) is 11.6. The van der Waals surface area contributed by atoms with Gasteiger partial charge in [-0.1, -0.05) is 23.7 Å². The molecule has 0 unspecified atom stereocenters. The molecule has 20 heavy (non-hydrogen) atoms. The van der Waals surface area contributed by atoms with Crippen molar-refractivity contribution in [1.29, 1.82) is 0 Å². The van der Waals surface area contributed by atoms with Crippen LogP contribution in [0.5, 0.6) is 11.5 Å². The molecule has 102 valence electrons. The standard InChI is InChI=1S/C16H13ClO3/c1-19-14-7-2-12(3-8-14)4-11-16(18)20-15-9-5-13(17)6-10-15/h2-11H,1H3. The molecule has 0 N–H and O–H groups in total. The summed E-state index contributed by atoms with van der Waals surface area (Å²) in [7, 11) is 1.61. The molecular weight excluding hydrogens is 276 g/mol. The number of carbonyl (C=O) groups excluding carboxylic acids is 1. The van der Waals surface area contributed by atoms with Crippen LogP contribution in [0.1, 0.15) is 5.56 Å². The molecule has 4 heteroatoms. The molecule has 0 bridgehead atoms. The van der Waals surface area contributed by atoms with Gasteiger partial charge in [0.2, 0.25) is 0 Å². The van der Waals surface area contributed by atoms with E-state index in [9.17, 15) is 4.79 Å². The molecule has 0 heterocycles. The maximum Gasteiger partial charge on any atom is 0.336 e. The number of carbonyl (C=O) groups is 1. The van der Waals surface area contributed by atoms with E-state index in [0.717, 1.165) is 11.3 Å². The second-order valence-corrected chi connectivity index (χ2v) is 4.42. The number of rotatable bonds is 4. The number of esters is 1. The Bertz CT molecular complexity index is 601. The maximum atomic E-state index is 11.6. The van der Waals surface area contributed by atoms with Crippen LogP contribution >= 0.6 is 11.6 Å². The molecule has 0 saturated carbocycles. The van der Waals surface area contributed by atoms with Crippen LogP contribution in [0.4, 0.5) is 0 Å². The van der Waals surface area contributed by atoms with E-state index >= 15 is 0 Å². The fourth-order valence-corrected chi connectivity index (χ4v) is 1.66. The molecule has 3 nitrogen and oxygen atoms in total. The molecule has 0 aromatic heterocycles. The Balaban J connectivity index is 1.96. The lowest BCUT2D eigenvalue weighted by atomic mass is 10.2. The van der Waals surface area contributed by atoms with E-state index in [1.807, 2.05) is 24.3 Å². The zero-order valence-electron chi connectivity index (χ0n) is 10.9. The molecule has 0 atom stereocenters. The summed E-state index contributed by atoms with van der Waals surface area (Å²) >= 11 is 5.75. The monoisotopic (exact) mass is 288 g/mol. The number of benzene rings is 2. The van der Waals surface area contributed by atoms with Gasteiger partial charge in [-0.15, -0.1) is 0 Å². The normalized spacial score (nSPS) is 10.5. The molecule has 0 fully saturated rings. The van der Waals surface area contributed by atoms with Crippen molar-refractivity contribution in [2.75, 3.05) is 7.11 Å². The Labute approximate surface area is 122 Å². The summed E-state index contributed by atoms with van der Waals surface area (Å²) < 4.78 is 10.2. The van der Waals surface area contributed by atoms with E-state index in [0.29, 0.717) is 10.8 Å². The van der Waals surface area contributed by atoms with Crippen LogP contribution in [0, 0.1) is 0 Å². The van der Waals surface area contributed by atoms with Crippen molar-refractivity contribution in [3.63, 3.8) is 0 Å². The van der Waals surface area contributed by atoms with E-state index in [2.05, 4.69) is 0 Å². The van der Waals surface area contributed by atoms with Crippen LogP contribution in [0.3, 0.4) is 0 Å². The molecule has 2 aromatic rings. The number of methoxy groups -OCH3 is 1. The molecule has 0 spiro atoms. The minimum absolute atomic E-state index is 0.442. The molecule has 0 aliphatic heterocycles. The summed E-state index contributed by atoms with van der Waals surface area (Å²) in [6, 6.07) is 14.0. The summed E-state index contributed by atoms with van der Waals surface area (Å²) in [4.78, 5) is 11.6. The second-order valence-electron chi connectivity index (χ2n) is 3.98. The Morgan fingerprint density at radius 1 is 1.00 bits per heavy atom. The minimum Gasteiger partial charge on any atom is -0.497 e. The fraction of sp³-hybridized carbons (Fsp3) is 0.0625. The van der Waals surface area contributed by atoms with Gasteiger partial charge in [-0.05, 0) is 48.0 Å². The third-order valence-electron chi connectivity index (χ3n) is 2.56. The Kier molecular flexibility index (Phi) is 4.80. The van der Waals surface area contributed by atoms with Crippen molar-refractivity contribution in [2.24, 2.45) is 0 Å². The molecule has 0 aliphatic rings. The first-order valence-electron chi connectivity index (χ1n) is 5.97. The topological polar surface area (TPSA) is 35.5 Å². The van der Waals surface area contributed by atoms with Gasteiger partial charge < -0.3 is 9.47 Å². The summed E-state index contributed by atoms with van der Waals surface area (Å²) in [6.07, 6.45) is 3.05. The van der Waals surface area contributed by atoms with Crippen molar-refractivity contribution >= 4 is 23.6 Å². The highest BCUT2D eigenvalue weighted by atomic mass is 35.5. The van der Waals surface area contributed by atoms with Gasteiger partial charge in [0, 0.05) is 11.1 Å². The van der Waals surface area contributed by atoms with Crippen LogP contribution < -0.4 is 9.47 Å². The Morgan fingerprint density at radius 2 is 1.60 bits per heavy atom. The first-order chi connectivity index (χ1) is 9.67. The van der Waals surface area contributed by atoms with E-state index in [4.69, 9.17) is 21.1 Å². The highest BCUT2D eigenvalue weighted by molar-refractivity contribution is 6.30. The van der Waals surface area contributed by atoms with E-state index in [1.165, 1.54) is 6.08 Å². The lowest BCUT2D eigenvalue weighted by molar-refractivity contribution is -0.128. The molecule has 0 amide bonds. The van der Waals surface area contributed by atoms with Gasteiger partial charge in [-0.3, -0.25) is 0 Å². The van der Waals surface area contributed by atoms with Gasteiger partial charge in [0.15, 0.2) is 0 Å². The molecule has 0 radical (unpaired) electrons. The largest absolute Gasteiger partial charge is 0.497 e. The maximum absolute atomic E-state index is 11.6. The Hall–Kier alpha value is -2.26. The minimum atomic E-state index is -0.442. The predicted molar refractivity (Wildman–Crippen MR) is 79.1 cm³/mol. The summed E-state index contributed by atoms with van der Waals surface area (Å²) in [6.45, 7) is 0. The van der Waals surface area contributed by atoms with Crippen LogP contribution in [0.2, 0.25) is 5.02 Å².